The highest BCUT2D eigenvalue weighted by atomic mass is 28.2. The van der Waals surface area contributed by atoms with E-state index in [4.69, 9.17) is 4.43 Å². The van der Waals surface area contributed by atoms with Crippen LogP contribution in [0.15, 0.2) is 0 Å². The summed E-state index contributed by atoms with van der Waals surface area (Å²) < 4.78 is 9.48. The fraction of sp³-hybridized carbons (Fsp3) is 1.00. The summed E-state index contributed by atoms with van der Waals surface area (Å²) in [5.74, 6) is 0. The van der Waals surface area contributed by atoms with E-state index in [0.717, 1.165) is 23.7 Å². The van der Waals surface area contributed by atoms with Crippen LogP contribution in [0.5, 0.6) is 0 Å². The lowest BCUT2D eigenvalue weighted by Crippen LogP contribution is -1.97. The Morgan fingerprint density at radius 2 is 2.00 bits per heavy atom. The van der Waals surface area contributed by atoms with Crippen LogP contribution in [-0.4, -0.2) is 41.8 Å². The lowest BCUT2D eigenvalue weighted by Gasteiger charge is -1.92. The second-order valence-corrected chi connectivity index (χ2v) is 1.56. The van der Waals surface area contributed by atoms with Gasteiger partial charge in [0.25, 0.3) is 0 Å². The SMILES string of the molecule is COCCO[SiH3].[SiH4]. The van der Waals surface area contributed by atoms with Gasteiger partial charge in [-0.15, -0.1) is 0 Å². The average molecular weight is 138 g/mol. The molecule has 0 aliphatic carbocycles. The first-order chi connectivity index (χ1) is 2.91. The van der Waals surface area contributed by atoms with Crippen molar-refractivity contribution in [1.29, 1.82) is 0 Å². The van der Waals surface area contributed by atoms with Gasteiger partial charge < -0.3 is 9.16 Å². The lowest BCUT2D eigenvalue weighted by atomic mass is 10.8. The minimum atomic E-state index is 0. The molecule has 46 valence electrons. The van der Waals surface area contributed by atoms with Gasteiger partial charge in [0.2, 0.25) is 0 Å². The van der Waals surface area contributed by atoms with Crippen molar-refractivity contribution in [3.63, 3.8) is 0 Å². The first kappa shape index (κ1) is 10.4. The van der Waals surface area contributed by atoms with Gasteiger partial charge in [-0.05, 0) is 11.0 Å². The quantitative estimate of drug-likeness (QED) is 0.316. The molecule has 2 nitrogen and oxygen atoms in total. The Morgan fingerprint density at radius 3 is 2.14 bits per heavy atom. The van der Waals surface area contributed by atoms with Crippen molar-refractivity contribution in [3.8, 4) is 0 Å². The van der Waals surface area contributed by atoms with Gasteiger partial charge in [-0.1, -0.05) is 0 Å². The first-order valence-corrected chi connectivity index (χ1v) is 2.71. The van der Waals surface area contributed by atoms with Gasteiger partial charge in [0, 0.05) is 7.11 Å². The summed E-state index contributed by atoms with van der Waals surface area (Å²) in [5.41, 5.74) is 0. The van der Waals surface area contributed by atoms with Gasteiger partial charge in [-0.2, -0.15) is 0 Å². The van der Waals surface area contributed by atoms with Gasteiger partial charge in [-0.25, -0.2) is 0 Å². The van der Waals surface area contributed by atoms with E-state index in [1.54, 1.807) is 7.11 Å². The molecular weight excluding hydrogens is 124 g/mol. The van der Waals surface area contributed by atoms with Crippen LogP contribution in [0.1, 0.15) is 0 Å². The van der Waals surface area contributed by atoms with Gasteiger partial charge in [0.1, 0.15) is 10.5 Å². The maximum absolute atomic E-state index is 4.80. The van der Waals surface area contributed by atoms with Crippen LogP contribution >= 0.6 is 0 Å². The number of ether oxygens (including phenoxy) is 1. The second kappa shape index (κ2) is 9.61. The van der Waals surface area contributed by atoms with Gasteiger partial charge in [-0.3, -0.25) is 0 Å². The normalized spacial score (nSPS) is 8.14. The maximum atomic E-state index is 4.80. The standard InChI is InChI=1S/C3H10O2Si.H4Si/c1-4-2-3-5-6;/h2-3H2,1,6H3;1H4. The van der Waals surface area contributed by atoms with Crippen LogP contribution < -0.4 is 0 Å². The molecular formula is C3H14O2Si2. The Hall–Kier alpha value is 0.354. The molecule has 0 aromatic carbocycles. The zero-order valence-electron chi connectivity index (χ0n) is 4.23. The molecule has 0 aromatic heterocycles. The summed E-state index contributed by atoms with van der Waals surface area (Å²) >= 11 is 0. The van der Waals surface area contributed by atoms with E-state index in [1.165, 1.54) is 0 Å². The Bertz CT molecular complexity index is 22.9. The lowest BCUT2D eigenvalue weighted by molar-refractivity contribution is 0.152. The summed E-state index contributed by atoms with van der Waals surface area (Å²) in [6.07, 6.45) is 0. The Balaban J connectivity index is 0. The molecule has 0 aliphatic rings. The van der Waals surface area contributed by atoms with Crippen LogP contribution in [0.4, 0.5) is 0 Å². The number of hydrogen-bond donors (Lipinski definition) is 0. The number of rotatable bonds is 3. The highest BCUT2D eigenvalue weighted by Gasteiger charge is 1.73. The number of methoxy groups -OCH3 is 1. The molecule has 0 aromatic rings. The smallest absolute Gasteiger partial charge is 0.146 e. The predicted molar refractivity (Wildman–Crippen MR) is 39.1 cm³/mol. The van der Waals surface area contributed by atoms with Gasteiger partial charge in [0.15, 0.2) is 0 Å². The third-order valence-corrected chi connectivity index (χ3v) is 0.900. The molecule has 0 spiro atoms. The molecule has 0 fully saturated rings. The molecule has 0 bridgehead atoms. The molecule has 4 heteroatoms. The molecule has 7 heavy (non-hydrogen) atoms. The van der Waals surface area contributed by atoms with Crippen LogP contribution in [-0.2, 0) is 9.16 Å². The third kappa shape index (κ3) is 10.7. The van der Waals surface area contributed by atoms with E-state index in [9.17, 15) is 0 Å². The van der Waals surface area contributed by atoms with Gasteiger partial charge >= 0.3 is 0 Å². The summed E-state index contributed by atoms with van der Waals surface area (Å²) in [4.78, 5) is 0. The average Bonchev–Trinajstić information content (AvgIpc) is 1.61. The van der Waals surface area contributed by atoms with E-state index < -0.39 is 0 Å². The molecule has 0 rings (SSSR count). The van der Waals surface area contributed by atoms with Crippen molar-refractivity contribution >= 4 is 21.5 Å². The van der Waals surface area contributed by atoms with E-state index in [2.05, 4.69) is 4.74 Å². The fourth-order valence-electron chi connectivity index (χ4n) is 0.167. The van der Waals surface area contributed by atoms with Crippen molar-refractivity contribution in [2.75, 3.05) is 20.3 Å². The molecule has 0 heterocycles. The molecule has 0 amide bonds. The largest absolute Gasteiger partial charge is 0.426 e. The molecule has 0 N–H and O–H groups in total. The van der Waals surface area contributed by atoms with Crippen LogP contribution in [0.25, 0.3) is 0 Å². The van der Waals surface area contributed by atoms with Gasteiger partial charge in [0.05, 0.1) is 13.2 Å². The van der Waals surface area contributed by atoms with Crippen molar-refractivity contribution in [2.45, 2.75) is 0 Å². The van der Waals surface area contributed by atoms with E-state index in [0.29, 0.717) is 0 Å². The third-order valence-electron chi connectivity index (χ3n) is 0.492. The van der Waals surface area contributed by atoms with Crippen molar-refractivity contribution in [1.82, 2.24) is 0 Å². The van der Waals surface area contributed by atoms with Crippen LogP contribution in [0.2, 0.25) is 0 Å². The van der Waals surface area contributed by atoms with Crippen molar-refractivity contribution in [2.24, 2.45) is 0 Å². The minimum Gasteiger partial charge on any atom is -0.426 e. The summed E-state index contributed by atoms with van der Waals surface area (Å²) in [6.45, 7) is 1.48. The zero-order chi connectivity index (χ0) is 4.83. The van der Waals surface area contributed by atoms with Crippen molar-refractivity contribution < 1.29 is 9.16 Å². The topological polar surface area (TPSA) is 18.5 Å². The van der Waals surface area contributed by atoms with Crippen LogP contribution in [0.3, 0.4) is 0 Å². The van der Waals surface area contributed by atoms with Crippen LogP contribution in [0, 0.1) is 0 Å². The molecule has 0 unspecified atom stereocenters. The molecule has 0 saturated heterocycles. The van der Waals surface area contributed by atoms with Crippen molar-refractivity contribution in [3.05, 3.63) is 0 Å². The Kier molecular flexibility index (Phi) is 14.2. The highest BCUT2D eigenvalue weighted by Crippen LogP contribution is 1.64. The Morgan fingerprint density at radius 1 is 1.43 bits per heavy atom. The summed E-state index contributed by atoms with van der Waals surface area (Å²) in [5, 5.41) is 0. The Labute approximate surface area is 51.8 Å². The second-order valence-electron chi connectivity index (χ2n) is 0.986. The molecule has 0 radical (unpaired) electrons. The zero-order valence-corrected chi connectivity index (χ0v) is 6.23. The maximum Gasteiger partial charge on any atom is 0.146 e. The molecule has 0 saturated carbocycles. The molecule has 0 aliphatic heterocycles. The number of hydrogen-bond acceptors (Lipinski definition) is 2. The van der Waals surface area contributed by atoms with E-state index in [-0.39, 0.29) is 11.0 Å². The first-order valence-electron chi connectivity index (χ1n) is 1.89. The molecule has 0 atom stereocenters. The predicted octanol–water partition coefficient (Wildman–Crippen LogP) is -2.52. The fourth-order valence-corrected chi connectivity index (χ4v) is 0.333. The highest BCUT2D eigenvalue weighted by molar-refractivity contribution is 5.97. The van der Waals surface area contributed by atoms with E-state index >= 15 is 0 Å². The summed E-state index contributed by atoms with van der Waals surface area (Å²) in [6, 6.07) is 0. The van der Waals surface area contributed by atoms with E-state index in [1.807, 2.05) is 0 Å². The summed E-state index contributed by atoms with van der Waals surface area (Å²) in [7, 11) is 2.49. The monoisotopic (exact) mass is 138 g/mol. The minimum absolute atomic E-state index is 0.